The summed E-state index contributed by atoms with van der Waals surface area (Å²) in [4.78, 5) is 9.12. The van der Waals surface area contributed by atoms with Crippen LogP contribution in [0.2, 0.25) is 0 Å². The van der Waals surface area contributed by atoms with Crippen LogP contribution in [0.4, 0.5) is 0 Å². The van der Waals surface area contributed by atoms with E-state index in [2.05, 4.69) is 68.0 Å². The Bertz CT molecular complexity index is 860. The van der Waals surface area contributed by atoms with Gasteiger partial charge in [-0.1, -0.05) is 56.3 Å². The highest BCUT2D eigenvalue weighted by atomic mass is 32.2. The molecule has 3 rings (SSSR count). The van der Waals surface area contributed by atoms with E-state index in [1.807, 2.05) is 18.3 Å². The predicted octanol–water partition coefficient (Wildman–Crippen LogP) is 5.84. The molecule has 1 aromatic heterocycles. The van der Waals surface area contributed by atoms with Crippen molar-refractivity contribution in [2.75, 3.05) is 7.11 Å². The lowest BCUT2D eigenvalue weighted by Gasteiger charge is -2.18. The van der Waals surface area contributed by atoms with E-state index in [1.165, 1.54) is 16.0 Å². The lowest BCUT2D eigenvalue weighted by molar-refractivity contribution is 0.416. The van der Waals surface area contributed by atoms with Crippen LogP contribution in [0.3, 0.4) is 0 Å². The molecule has 3 nitrogen and oxygen atoms in total. The van der Waals surface area contributed by atoms with Crippen LogP contribution in [0.1, 0.15) is 31.9 Å². The molecule has 2 aromatic carbocycles. The molecule has 25 heavy (non-hydrogen) atoms. The first-order chi connectivity index (χ1) is 11.9. The van der Waals surface area contributed by atoms with E-state index in [4.69, 9.17) is 4.74 Å². The van der Waals surface area contributed by atoms with Crippen molar-refractivity contribution in [1.82, 2.24) is 9.97 Å². The smallest absolute Gasteiger partial charge is 0.141 e. The van der Waals surface area contributed by atoms with Gasteiger partial charge in [-0.05, 0) is 42.2 Å². The van der Waals surface area contributed by atoms with E-state index in [-0.39, 0.29) is 5.41 Å². The molecule has 0 spiro atoms. The number of nitrogens with zero attached hydrogens (tertiary/aromatic N) is 1. The molecular formula is C21H24N2OS. The summed E-state index contributed by atoms with van der Waals surface area (Å²) in [5.41, 5.74) is 3.68. The van der Waals surface area contributed by atoms with Crippen LogP contribution < -0.4 is 4.74 Å². The van der Waals surface area contributed by atoms with Crippen molar-refractivity contribution in [3.63, 3.8) is 0 Å². The van der Waals surface area contributed by atoms with E-state index in [0.717, 1.165) is 22.2 Å². The summed E-state index contributed by atoms with van der Waals surface area (Å²) in [7, 11) is 1.68. The number of hydrogen-bond donors (Lipinski definition) is 1. The molecule has 4 heteroatoms. The molecule has 0 saturated carbocycles. The summed E-state index contributed by atoms with van der Waals surface area (Å²) in [6.07, 6.45) is 1.87. The largest absolute Gasteiger partial charge is 0.496 e. The first kappa shape index (κ1) is 17.6. The lowest BCUT2D eigenvalue weighted by Crippen LogP contribution is -2.10. The van der Waals surface area contributed by atoms with Gasteiger partial charge in [-0.3, -0.25) is 0 Å². The third-order valence-electron chi connectivity index (χ3n) is 4.11. The minimum atomic E-state index is 0.173. The minimum Gasteiger partial charge on any atom is -0.496 e. The van der Waals surface area contributed by atoms with Crippen LogP contribution in [0.25, 0.3) is 11.4 Å². The number of rotatable bonds is 4. The molecule has 0 fully saturated rings. The van der Waals surface area contributed by atoms with Crippen molar-refractivity contribution in [2.45, 2.75) is 43.0 Å². The van der Waals surface area contributed by atoms with Gasteiger partial charge in [0, 0.05) is 4.90 Å². The molecule has 1 N–H and O–H groups in total. The monoisotopic (exact) mass is 352 g/mol. The van der Waals surface area contributed by atoms with Crippen molar-refractivity contribution in [2.24, 2.45) is 0 Å². The van der Waals surface area contributed by atoms with E-state index in [9.17, 15) is 0 Å². The molecule has 0 bridgehead atoms. The number of aromatic amines is 1. The van der Waals surface area contributed by atoms with E-state index >= 15 is 0 Å². The van der Waals surface area contributed by atoms with Gasteiger partial charge in [0.15, 0.2) is 0 Å². The molecule has 1 heterocycles. The fourth-order valence-corrected chi connectivity index (χ4v) is 3.43. The van der Waals surface area contributed by atoms with Crippen molar-refractivity contribution in [1.29, 1.82) is 0 Å². The van der Waals surface area contributed by atoms with Crippen LogP contribution in [0.5, 0.6) is 5.75 Å². The van der Waals surface area contributed by atoms with E-state index in [0.29, 0.717) is 0 Å². The van der Waals surface area contributed by atoms with Gasteiger partial charge in [-0.25, -0.2) is 4.98 Å². The molecule has 0 unspecified atom stereocenters. The molecule has 0 radical (unpaired) electrons. The maximum absolute atomic E-state index is 5.46. The fraction of sp³-hybridized carbons (Fsp3) is 0.286. The maximum atomic E-state index is 5.46. The maximum Gasteiger partial charge on any atom is 0.141 e. The molecular weight excluding hydrogens is 328 g/mol. The zero-order valence-electron chi connectivity index (χ0n) is 15.4. The predicted molar refractivity (Wildman–Crippen MR) is 105 cm³/mol. The summed E-state index contributed by atoms with van der Waals surface area (Å²) in [5.74, 6) is 1.65. The topological polar surface area (TPSA) is 37.9 Å². The summed E-state index contributed by atoms with van der Waals surface area (Å²) >= 11 is 1.68. The van der Waals surface area contributed by atoms with Crippen LogP contribution >= 0.6 is 11.8 Å². The molecule has 0 saturated heterocycles. The molecule has 0 atom stereocenters. The standard InChI is InChI=1S/C21H24N2OS/c1-14-6-11-18(24-5)17(12-14)20-22-13-19(23-20)25-16-9-7-15(8-10-16)21(2,3)4/h6-13H,1-5H3,(H,22,23). The molecule has 0 aliphatic rings. The molecule has 0 aliphatic heterocycles. The summed E-state index contributed by atoms with van der Waals surface area (Å²) in [6.45, 7) is 8.75. The Balaban J connectivity index is 1.82. The minimum absolute atomic E-state index is 0.173. The van der Waals surface area contributed by atoms with Gasteiger partial charge in [0.25, 0.3) is 0 Å². The third kappa shape index (κ3) is 4.07. The number of hydrogen-bond acceptors (Lipinski definition) is 3. The average Bonchev–Trinajstić information content (AvgIpc) is 3.03. The van der Waals surface area contributed by atoms with Crippen LogP contribution in [0.15, 0.2) is 58.6 Å². The average molecular weight is 353 g/mol. The number of imidazole rings is 1. The fourth-order valence-electron chi connectivity index (χ4n) is 2.65. The van der Waals surface area contributed by atoms with Gasteiger partial charge in [0.1, 0.15) is 11.6 Å². The molecule has 3 aromatic rings. The Morgan fingerprint density at radius 2 is 1.76 bits per heavy atom. The zero-order chi connectivity index (χ0) is 18.0. The van der Waals surface area contributed by atoms with Crippen LogP contribution in [-0.2, 0) is 5.41 Å². The van der Waals surface area contributed by atoms with Gasteiger partial charge >= 0.3 is 0 Å². The summed E-state index contributed by atoms with van der Waals surface area (Å²) < 4.78 is 5.46. The lowest BCUT2D eigenvalue weighted by atomic mass is 9.87. The Morgan fingerprint density at radius 1 is 1.04 bits per heavy atom. The number of benzene rings is 2. The Hall–Kier alpha value is -2.20. The van der Waals surface area contributed by atoms with Crippen molar-refractivity contribution in [3.8, 4) is 17.1 Å². The molecule has 0 amide bonds. The molecule has 130 valence electrons. The molecule has 0 aliphatic carbocycles. The number of methoxy groups -OCH3 is 1. The highest BCUT2D eigenvalue weighted by molar-refractivity contribution is 7.99. The quantitative estimate of drug-likeness (QED) is 0.641. The van der Waals surface area contributed by atoms with Crippen molar-refractivity contribution >= 4 is 11.8 Å². The van der Waals surface area contributed by atoms with E-state index in [1.54, 1.807) is 18.9 Å². The van der Waals surface area contributed by atoms with Crippen LogP contribution in [0, 0.1) is 6.92 Å². The SMILES string of the molecule is COc1ccc(C)cc1-c1ncc(Sc2ccc(C(C)(C)C)cc2)[nH]1. The highest BCUT2D eigenvalue weighted by Gasteiger charge is 2.14. The second-order valence-electron chi connectivity index (χ2n) is 7.18. The number of nitrogens with one attached hydrogen (secondary N) is 1. The van der Waals surface area contributed by atoms with Crippen molar-refractivity contribution < 1.29 is 4.74 Å². The summed E-state index contributed by atoms with van der Waals surface area (Å²) in [6, 6.07) is 14.8. The number of ether oxygens (including phenoxy) is 1. The first-order valence-electron chi connectivity index (χ1n) is 8.35. The van der Waals surface area contributed by atoms with Crippen molar-refractivity contribution in [3.05, 3.63) is 59.8 Å². The van der Waals surface area contributed by atoms with Gasteiger partial charge in [0.05, 0.1) is 23.9 Å². The Labute approximate surface area is 153 Å². The second kappa shape index (κ2) is 6.96. The van der Waals surface area contributed by atoms with Gasteiger partial charge in [-0.15, -0.1) is 0 Å². The van der Waals surface area contributed by atoms with Crippen LogP contribution in [-0.4, -0.2) is 17.1 Å². The normalized spacial score (nSPS) is 11.6. The van der Waals surface area contributed by atoms with Gasteiger partial charge < -0.3 is 9.72 Å². The second-order valence-corrected chi connectivity index (χ2v) is 8.29. The zero-order valence-corrected chi connectivity index (χ0v) is 16.2. The Kier molecular flexibility index (Phi) is 4.91. The Morgan fingerprint density at radius 3 is 2.40 bits per heavy atom. The van der Waals surface area contributed by atoms with E-state index < -0.39 is 0 Å². The first-order valence-corrected chi connectivity index (χ1v) is 9.17. The number of H-pyrrole nitrogens is 1. The number of aryl methyl sites for hydroxylation is 1. The van der Waals surface area contributed by atoms with Gasteiger partial charge in [-0.2, -0.15) is 0 Å². The highest BCUT2D eigenvalue weighted by Crippen LogP contribution is 2.33. The number of aromatic nitrogens is 2. The van der Waals surface area contributed by atoms with Gasteiger partial charge in [0.2, 0.25) is 0 Å². The third-order valence-corrected chi connectivity index (χ3v) is 5.05. The summed E-state index contributed by atoms with van der Waals surface area (Å²) in [5, 5.41) is 1.02.